The number of ether oxygens (including phenoxy) is 1. The van der Waals surface area contributed by atoms with E-state index < -0.39 is 0 Å². The van der Waals surface area contributed by atoms with Crippen LogP contribution in [0.5, 0.6) is 5.75 Å². The number of likely N-dealkylation sites (tertiary alicyclic amines) is 1. The van der Waals surface area contributed by atoms with Crippen LogP contribution >= 0.6 is 0 Å². The minimum Gasteiger partial charge on any atom is -0.483 e. The van der Waals surface area contributed by atoms with Crippen molar-refractivity contribution in [1.29, 1.82) is 0 Å². The lowest BCUT2D eigenvalue weighted by Gasteiger charge is -2.17. The molecule has 2 aromatic rings. The molecule has 138 valence electrons. The third-order valence-electron chi connectivity index (χ3n) is 4.76. The van der Waals surface area contributed by atoms with Crippen molar-refractivity contribution in [3.63, 3.8) is 0 Å². The molecule has 2 aromatic carbocycles. The number of rotatable bonds is 9. The highest BCUT2D eigenvalue weighted by Crippen LogP contribution is 2.18. The molecule has 0 aromatic heterocycles. The monoisotopic (exact) mass is 352 g/mol. The molecule has 4 nitrogen and oxygen atoms in total. The number of hydrogen-bond donors (Lipinski definition) is 1. The van der Waals surface area contributed by atoms with Crippen LogP contribution in [0.1, 0.15) is 30.4 Å². The van der Waals surface area contributed by atoms with Crippen LogP contribution in [-0.4, -0.2) is 37.0 Å². The fourth-order valence-electron chi connectivity index (χ4n) is 3.27. The summed E-state index contributed by atoms with van der Waals surface area (Å²) in [6.07, 6.45) is 4.39. The van der Waals surface area contributed by atoms with Gasteiger partial charge in [-0.05, 0) is 43.9 Å². The van der Waals surface area contributed by atoms with Crippen molar-refractivity contribution in [2.75, 3.05) is 26.2 Å². The van der Waals surface area contributed by atoms with E-state index in [1.54, 1.807) is 0 Å². The van der Waals surface area contributed by atoms with Crippen molar-refractivity contribution >= 4 is 5.91 Å². The van der Waals surface area contributed by atoms with Crippen LogP contribution in [-0.2, 0) is 17.8 Å². The highest BCUT2D eigenvalue weighted by atomic mass is 16.5. The second-order valence-electron chi connectivity index (χ2n) is 6.75. The van der Waals surface area contributed by atoms with Crippen LogP contribution in [0.25, 0.3) is 0 Å². The fraction of sp³-hybridized carbons (Fsp3) is 0.409. The number of nitrogens with zero attached hydrogens (tertiary/aromatic N) is 1. The quantitative estimate of drug-likeness (QED) is 0.703. The van der Waals surface area contributed by atoms with E-state index in [0.717, 1.165) is 63.2 Å². The van der Waals surface area contributed by atoms with Crippen molar-refractivity contribution in [2.45, 2.75) is 32.2 Å². The lowest BCUT2D eigenvalue weighted by atomic mass is 10.1. The van der Waals surface area contributed by atoms with Crippen LogP contribution < -0.4 is 10.1 Å². The Hall–Kier alpha value is -2.33. The molecule has 1 fully saturated rings. The minimum atomic E-state index is 0.0909. The highest BCUT2D eigenvalue weighted by molar-refractivity contribution is 5.78. The number of para-hydroxylation sites is 1. The van der Waals surface area contributed by atoms with Crippen LogP contribution in [0.3, 0.4) is 0 Å². The van der Waals surface area contributed by atoms with Crippen LogP contribution in [0.2, 0.25) is 0 Å². The number of hydrogen-bond acceptors (Lipinski definition) is 3. The second kappa shape index (κ2) is 9.97. The van der Waals surface area contributed by atoms with Gasteiger partial charge in [0.1, 0.15) is 5.75 Å². The summed E-state index contributed by atoms with van der Waals surface area (Å²) in [7, 11) is 0. The Labute approximate surface area is 156 Å². The van der Waals surface area contributed by atoms with E-state index in [1.807, 2.05) is 29.2 Å². The number of amides is 1. The van der Waals surface area contributed by atoms with Gasteiger partial charge in [-0.1, -0.05) is 48.5 Å². The number of carbonyl (C=O) groups excluding carboxylic acids is 1. The summed E-state index contributed by atoms with van der Waals surface area (Å²) in [4.78, 5) is 14.0. The maximum absolute atomic E-state index is 12.1. The van der Waals surface area contributed by atoms with Crippen molar-refractivity contribution in [3.8, 4) is 5.75 Å². The van der Waals surface area contributed by atoms with Crippen LogP contribution in [0.15, 0.2) is 54.6 Å². The first-order valence-corrected chi connectivity index (χ1v) is 9.56. The van der Waals surface area contributed by atoms with Gasteiger partial charge in [-0.2, -0.15) is 0 Å². The van der Waals surface area contributed by atoms with E-state index in [1.165, 1.54) is 5.56 Å². The molecular formula is C22H28N2O2. The maximum Gasteiger partial charge on any atom is 0.260 e. The first kappa shape index (κ1) is 18.5. The largest absolute Gasteiger partial charge is 0.483 e. The Morgan fingerprint density at radius 2 is 1.73 bits per heavy atom. The Morgan fingerprint density at radius 3 is 2.54 bits per heavy atom. The summed E-state index contributed by atoms with van der Waals surface area (Å²) < 4.78 is 5.81. The first-order chi connectivity index (χ1) is 12.8. The van der Waals surface area contributed by atoms with Gasteiger partial charge < -0.3 is 15.0 Å². The maximum atomic E-state index is 12.1. The minimum absolute atomic E-state index is 0.0909. The fourth-order valence-corrected chi connectivity index (χ4v) is 3.27. The second-order valence-corrected chi connectivity index (χ2v) is 6.75. The molecule has 3 rings (SSSR count). The molecule has 0 saturated carbocycles. The van der Waals surface area contributed by atoms with Gasteiger partial charge in [0.25, 0.3) is 5.91 Å². The Balaban J connectivity index is 1.41. The van der Waals surface area contributed by atoms with E-state index >= 15 is 0 Å². The molecule has 1 aliphatic rings. The summed E-state index contributed by atoms with van der Waals surface area (Å²) in [5, 5.41) is 3.48. The molecule has 1 saturated heterocycles. The normalized spacial score (nSPS) is 13.8. The summed E-state index contributed by atoms with van der Waals surface area (Å²) in [6, 6.07) is 18.5. The summed E-state index contributed by atoms with van der Waals surface area (Å²) in [5.41, 5.74) is 2.47. The van der Waals surface area contributed by atoms with Gasteiger partial charge in [-0.25, -0.2) is 0 Å². The van der Waals surface area contributed by atoms with Crippen molar-refractivity contribution < 1.29 is 9.53 Å². The van der Waals surface area contributed by atoms with E-state index in [0.29, 0.717) is 0 Å². The predicted molar refractivity (Wildman–Crippen MR) is 104 cm³/mol. The van der Waals surface area contributed by atoms with Gasteiger partial charge in [-0.15, -0.1) is 0 Å². The zero-order valence-electron chi connectivity index (χ0n) is 15.3. The molecule has 0 radical (unpaired) electrons. The Kier molecular flexibility index (Phi) is 7.08. The number of benzene rings is 2. The number of nitrogens with one attached hydrogen (secondary N) is 1. The van der Waals surface area contributed by atoms with E-state index in [-0.39, 0.29) is 12.5 Å². The SMILES string of the molecule is O=C(COc1ccccc1CNCCCc1ccccc1)N1CCCC1. The zero-order valence-corrected chi connectivity index (χ0v) is 15.3. The third-order valence-corrected chi connectivity index (χ3v) is 4.76. The molecule has 0 spiro atoms. The average molecular weight is 352 g/mol. The van der Waals surface area contributed by atoms with E-state index in [9.17, 15) is 4.79 Å². The molecule has 26 heavy (non-hydrogen) atoms. The van der Waals surface area contributed by atoms with Gasteiger partial charge in [0.05, 0.1) is 0 Å². The molecule has 0 bridgehead atoms. The van der Waals surface area contributed by atoms with Crippen molar-refractivity contribution in [3.05, 3.63) is 65.7 Å². The molecule has 4 heteroatoms. The lowest BCUT2D eigenvalue weighted by Crippen LogP contribution is -2.32. The molecule has 1 N–H and O–H groups in total. The molecule has 1 heterocycles. The Bertz CT molecular complexity index is 682. The first-order valence-electron chi connectivity index (χ1n) is 9.56. The van der Waals surface area contributed by atoms with Crippen LogP contribution in [0, 0.1) is 0 Å². The third kappa shape index (κ3) is 5.60. The summed E-state index contributed by atoms with van der Waals surface area (Å²) in [6.45, 7) is 3.57. The lowest BCUT2D eigenvalue weighted by molar-refractivity contribution is -0.132. The summed E-state index contributed by atoms with van der Waals surface area (Å²) in [5.74, 6) is 0.892. The van der Waals surface area contributed by atoms with Crippen LogP contribution in [0.4, 0.5) is 0 Å². The van der Waals surface area contributed by atoms with E-state index in [4.69, 9.17) is 4.74 Å². The molecular weight excluding hydrogens is 324 g/mol. The van der Waals surface area contributed by atoms with E-state index in [2.05, 4.69) is 35.6 Å². The predicted octanol–water partition coefficient (Wildman–Crippen LogP) is 3.41. The number of aryl methyl sites for hydroxylation is 1. The van der Waals surface area contributed by atoms with Crippen molar-refractivity contribution in [2.24, 2.45) is 0 Å². The standard InChI is InChI=1S/C22H28N2O2/c25-22(24-15-6-7-16-24)18-26-21-13-5-4-12-20(21)17-23-14-8-11-19-9-2-1-3-10-19/h1-5,9-10,12-13,23H,6-8,11,14-18H2. The van der Waals surface area contributed by atoms with Crippen molar-refractivity contribution in [1.82, 2.24) is 10.2 Å². The molecule has 1 aliphatic heterocycles. The van der Waals surface area contributed by atoms with Gasteiger partial charge >= 0.3 is 0 Å². The molecule has 0 aliphatic carbocycles. The molecule has 1 amide bonds. The Morgan fingerprint density at radius 1 is 1.00 bits per heavy atom. The van der Waals surface area contributed by atoms with Gasteiger partial charge in [0.15, 0.2) is 6.61 Å². The highest BCUT2D eigenvalue weighted by Gasteiger charge is 2.18. The van der Waals surface area contributed by atoms with Gasteiger partial charge in [-0.3, -0.25) is 4.79 Å². The van der Waals surface area contributed by atoms with Gasteiger partial charge in [0, 0.05) is 25.2 Å². The molecule has 0 unspecified atom stereocenters. The topological polar surface area (TPSA) is 41.6 Å². The van der Waals surface area contributed by atoms with Gasteiger partial charge in [0.2, 0.25) is 0 Å². The smallest absolute Gasteiger partial charge is 0.260 e. The average Bonchev–Trinajstić information content (AvgIpc) is 3.22. The number of carbonyl (C=O) groups is 1. The molecule has 0 atom stereocenters. The zero-order chi connectivity index (χ0) is 18.0. The summed E-state index contributed by atoms with van der Waals surface area (Å²) >= 11 is 0.